The van der Waals surface area contributed by atoms with E-state index in [0.717, 1.165) is 26.2 Å². The Balaban J connectivity index is 1.67. The van der Waals surface area contributed by atoms with Crippen LogP contribution in [0.25, 0.3) is 28.6 Å². The molecule has 0 saturated carbocycles. The third-order valence-corrected chi connectivity index (χ3v) is 4.30. The van der Waals surface area contributed by atoms with Crippen LogP contribution in [-0.2, 0) is 0 Å². The normalized spacial score (nSPS) is 11.5. The molecule has 0 aliphatic heterocycles. The molecule has 0 saturated heterocycles. The summed E-state index contributed by atoms with van der Waals surface area (Å²) in [5.74, 6) is 0.642. The van der Waals surface area contributed by atoms with E-state index in [4.69, 9.17) is 11.6 Å². The van der Waals surface area contributed by atoms with Gasteiger partial charge in [-0.2, -0.15) is 9.61 Å². The second-order valence-electron chi connectivity index (χ2n) is 4.76. The molecule has 0 radical (unpaired) electrons. The van der Waals surface area contributed by atoms with E-state index >= 15 is 0 Å². The lowest BCUT2D eigenvalue weighted by atomic mass is 10.2. The summed E-state index contributed by atoms with van der Waals surface area (Å²) in [6.07, 6.45) is 5.66. The van der Waals surface area contributed by atoms with Crippen LogP contribution in [0.5, 0.6) is 0 Å². The van der Waals surface area contributed by atoms with Crippen molar-refractivity contribution in [2.75, 3.05) is 0 Å². The van der Waals surface area contributed by atoms with Crippen molar-refractivity contribution in [3.63, 3.8) is 0 Å². The highest BCUT2D eigenvalue weighted by molar-refractivity contribution is 7.17. The summed E-state index contributed by atoms with van der Waals surface area (Å²) in [6.45, 7) is 0. The predicted molar refractivity (Wildman–Crippen MR) is 92.3 cm³/mol. The molecule has 0 unspecified atom stereocenters. The highest BCUT2D eigenvalue weighted by atomic mass is 35.5. The van der Waals surface area contributed by atoms with Crippen LogP contribution in [0.3, 0.4) is 0 Å². The maximum atomic E-state index is 5.88. The molecule has 3 aromatic heterocycles. The highest BCUT2D eigenvalue weighted by Crippen LogP contribution is 2.21. The van der Waals surface area contributed by atoms with Crippen LogP contribution in [0.2, 0.25) is 5.02 Å². The Morgan fingerprint density at radius 3 is 2.65 bits per heavy atom. The molecule has 0 aliphatic carbocycles. The van der Waals surface area contributed by atoms with Crippen LogP contribution in [0.1, 0.15) is 10.6 Å². The molecule has 4 rings (SSSR count). The van der Waals surface area contributed by atoms with Gasteiger partial charge in [-0.1, -0.05) is 47.2 Å². The maximum absolute atomic E-state index is 5.88. The number of halogens is 1. The van der Waals surface area contributed by atoms with E-state index in [0.29, 0.717) is 5.82 Å². The average Bonchev–Trinajstić information content (AvgIpc) is 3.15. The Morgan fingerprint density at radius 2 is 1.87 bits per heavy atom. The number of fused-ring (bicyclic) bond motifs is 1. The van der Waals surface area contributed by atoms with E-state index in [1.165, 1.54) is 11.3 Å². The van der Waals surface area contributed by atoms with E-state index in [9.17, 15) is 0 Å². The molecule has 0 spiro atoms. The molecule has 112 valence electrons. The van der Waals surface area contributed by atoms with E-state index in [-0.39, 0.29) is 0 Å². The second kappa shape index (κ2) is 5.91. The summed E-state index contributed by atoms with van der Waals surface area (Å²) in [4.78, 5) is 5.03. The molecular formula is C16H10ClN5S. The minimum atomic E-state index is 0.642. The second-order valence-corrected chi connectivity index (χ2v) is 6.18. The van der Waals surface area contributed by atoms with Crippen LogP contribution in [0.4, 0.5) is 0 Å². The lowest BCUT2D eigenvalue weighted by Crippen LogP contribution is -1.92. The van der Waals surface area contributed by atoms with Gasteiger partial charge in [0, 0.05) is 11.2 Å². The Hall–Kier alpha value is -2.57. The smallest absolute Gasteiger partial charge is 0.235 e. The topological polar surface area (TPSA) is 56.0 Å². The molecule has 1 aromatic carbocycles. The molecule has 0 atom stereocenters. The van der Waals surface area contributed by atoms with Crippen molar-refractivity contribution >= 4 is 40.1 Å². The summed E-state index contributed by atoms with van der Waals surface area (Å²) in [6, 6.07) is 13.3. The average molecular weight is 340 g/mol. The summed E-state index contributed by atoms with van der Waals surface area (Å²) in [5, 5.41) is 14.4. The highest BCUT2D eigenvalue weighted by Gasteiger charge is 2.12. The summed E-state index contributed by atoms with van der Waals surface area (Å²) >= 11 is 7.36. The largest absolute Gasteiger partial charge is 0.253 e. The van der Waals surface area contributed by atoms with Crippen molar-refractivity contribution in [3.05, 3.63) is 64.3 Å². The molecule has 0 aliphatic rings. The van der Waals surface area contributed by atoms with Crippen LogP contribution in [0.15, 0.2) is 48.7 Å². The van der Waals surface area contributed by atoms with Gasteiger partial charge in [-0.05, 0) is 35.9 Å². The van der Waals surface area contributed by atoms with Gasteiger partial charge in [0.2, 0.25) is 10.8 Å². The van der Waals surface area contributed by atoms with Crippen molar-refractivity contribution in [2.24, 2.45) is 0 Å². The molecule has 5 nitrogen and oxygen atoms in total. The molecule has 4 aromatic rings. The minimum Gasteiger partial charge on any atom is -0.253 e. The van der Waals surface area contributed by atoms with Gasteiger partial charge >= 0.3 is 0 Å². The van der Waals surface area contributed by atoms with Gasteiger partial charge in [0.05, 0.1) is 0 Å². The zero-order chi connectivity index (χ0) is 15.6. The first-order chi connectivity index (χ1) is 11.3. The number of benzene rings is 1. The molecule has 0 fully saturated rings. The van der Waals surface area contributed by atoms with Crippen LogP contribution < -0.4 is 0 Å². The van der Waals surface area contributed by atoms with Gasteiger partial charge in [0.25, 0.3) is 0 Å². The van der Waals surface area contributed by atoms with Crippen molar-refractivity contribution in [1.29, 1.82) is 0 Å². The van der Waals surface area contributed by atoms with Crippen molar-refractivity contribution < 1.29 is 0 Å². The van der Waals surface area contributed by atoms with E-state index in [1.807, 2.05) is 54.6 Å². The summed E-state index contributed by atoms with van der Waals surface area (Å²) in [7, 11) is 0. The van der Waals surface area contributed by atoms with Gasteiger partial charge in [-0.3, -0.25) is 4.98 Å². The molecule has 23 heavy (non-hydrogen) atoms. The lowest BCUT2D eigenvalue weighted by Gasteiger charge is -1.94. The first-order valence-corrected chi connectivity index (χ1v) is 8.06. The Kier molecular flexibility index (Phi) is 3.61. The van der Waals surface area contributed by atoms with Gasteiger partial charge in [0.1, 0.15) is 10.7 Å². The molecule has 0 amide bonds. The van der Waals surface area contributed by atoms with E-state index in [1.54, 1.807) is 10.7 Å². The van der Waals surface area contributed by atoms with E-state index < -0.39 is 0 Å². The van der Waals surface area contributed by atoms with Crippen molar-refractivity contribution in [1.82, 2.24) is 24.8 Å². The van der Waals surface area contributed by atoms with Gasteiger partial charge in [-0.25, -0.2) is 0 Å². The quantitative estimate of drug-likeness (QED) is 0.564. The molecule has 7 heteroatoms. The summed E-state index contributed by atoms with van der Waals surface area (Å²) < 4.78 is 1.72. The van der Waals surface area contributed by atoms with Crippen molar-refractivity contribution in [2.45, 2.75) is 0 Å². The monoisotopic (exact) mass is 339 g/mol. The number of rotatable bonds is 3. The van der Waals surface area contributed by atoms with E-state index in [2.05, 4.69) is 20.3 Å². The van der Waals surface area contributed by atoms with Crippen LogP contribution >= 0.6 is 22.9 Å². The zero-order valence-corrected chi connectivity index (χ0v) is 13.4. The molecule has 3 heterocycles. The molecular weight excluding hydrogens is 330 g/mol. The SMILES string of the molecule is Clc1ccc(C=Cc2nn3c(-c4ccccn4)nnc3s2)cc1. The third kappa shape index (κ3) is 2.86. The predicted octanol–water partition coefficient (Wildman–Crippen LogP) is 4.07. The first kappa shape index (κ1) is 14.0. The van der Waals surface area contributed by atoms with Gasteiger partial charge < -0.3 is 0 Å². The first-order valence-electron chi connectivity index (χ1n) is 6.87. The number of aromatic nitrogens is 5. The fourth-order valence-electron chi connectivity index (χ4n) is 2.10. The maximum Gasteiger partial charge on any atom is 0.235 e. The fourth-order valence-corrected chi connectivity index (χ4v) is 2.96. The number of hydrogen-bond acceptors (Lipinski definition) is 5. The molecule has 0 N–H and O–H groups in total. The van der Waals surface area contributed by atoms with Crippen LogP contribution in [-0.4, -0.2) is 24.8 Å². The number of nitrogens with zero attached hydrogens (tertiary/aromatic N) is 5. The Bertz CT molecular complexity index is 973. The summed E-state index contributed by atoms with van der Waals surface area (Å²) in [5.41, 5.74) is 1.81. The third-order valence-electron chi connectivity index (χ3n) is 3.19. The number of hydrogen-bond donors (Lipinski definition) is 0. The fraction of sp³-hybridized carbons (Fsp3) is 0. The van der Waals surface area contributed by atoms with Gasteiger partial charge in [0.15, 0.2) is 0 Å². The molecule has 0 bridgehead atoms. The van der Waals surface area contributed by atoms with Crippen molar-refractivity contribution in [3.8, 4) is 11.5 Å². The Morgan fingerprint density at radius 1 is 1.00 bits per heavy atom. The Labute approximate surface area is 140 Å². The zero-order valence-electron chi connectivity index (χ0n) is 11.8. The van der Waals surface area contributed by atoms with Crippen LogP contribution in [0, 0.1) is 0 Å². The van der Waals surface area contributed by atoms with Gasteiger partial charge in [-0.15, -0.1) is 10.2 Å². The standard InChI is InChI=1S/C16H10ClN5S/c17-12-7-4-11(5-8-12)6-9-14-21-22-15(19-20-16(22)23-14)13-3-1-2-10-18-13/h1-10H. The number of pyridine rings is 1. The minimum absolute atomic E-state index is 0.642. The lowest BCUT2D eigenvalue weighted by molar-refractivity contribution is 0.951.